The predicted molar refractivity (Wildman–Crippen MR) is 117 cm³/mol. The van der Waals surface area contributed by atoms with E-state index in [-0.39, 0.29) is 17.9 Å². The van der Waals surface area contributed by atoms with Gasteiger partial charge in [0.15, 0.2) is 0 Å². The van der Waals surface area contributed by atoms with Crippen molar-refractivity contribution in [2.75, 3.05) is 6.61 Å². The third-order valence-electron chi connectivity index (χ3n) is 4.77. The van der Waals surface area contributed by atoms with Gasteiger partial charge in [0.1, 0.15) is 17.1 Å². The van der Waals surface area contributed by atoms with Gasteiger partial charge in [-0.25, -0.2) is 9.59 Å². The van der Waals surface area contributed by atoms with Crippen molar-refractivity contribution in [1.29, 1.82) is 0 Å². The van der Waals surface area contributed by atoms with Crippen molar-refractivity contribution in [2.45, 2.75) is 65.2 Å². The van der Waals surface area contributed by atoms with Gasteiger partial charge in [-0.3, -0.25) is 0 Å². The molecule has 5 heteroatoms. The minimum atomic E-state index is -0.897. The fraction of sp³-hybridized carbons (Fsp3) is 0.440. The van der Waals surface area contributed by atoms with E-state index in [9.17, 15) is 9.59 Å². The maximum absolute atomic E-state index is 12.1. The fourth-order valence-corrected chi connectivity index (χ4v) is 3.15. The highest BCUT2D eigenvalue weighted by Crippen LogP contribution is 2.21. The smallest absolute Gasteiger partial charge is 0.462 e. The maximum atomic E-state index is 12.1. The Labute approximate surface area is 179 Å². The molecule has 0 heterocycles. The van der Waals surface area contributed by atoms with Gasteiger partial charge in [0.2, 0.25) is 0 Å². The third kappa shape index (κ3) is 8.27. The zero-order valence-electron chi connectivity index (χ0n) is 18.0. The number of para-hydroxylation sites is 1. The number of hydrogen-bond donors (Lipinski definition) is 0. The molecule has 0 spiro atoms. The summed E-state index contributed by atoms with van der Waals surface area (Å²) >= 11 is 0. The van der Waals surface area contributed by atoms with Crippen LogP contribution < -0.4 is 9.47 Å². The van der Waals surface area contributed by atoms with Crippen molar-refractivity contribution < 1.29 is 23.8 Å². The number of esters is 1. The molecule has 0 fully saturated rings. The Morgan fingerprint density at radius 1 is 0.767 bits per heavy atom. The summed E-state index contributed by atoms with van der Waals surface area (Å²) in [7, 11) is 0. The quantitative estimate of drug-likeness (QED) is 0.220. The monoisotopic (exact) mass is 412 g/mol. The normalized spacial score (nSPS) is 10.5. The first-order valence-electron chi connectivity index (χ1n) is 10.9. The molecule has 2 aromatic carbocycles. The molecule has 0 amide bonds. The van der Waals surface area contributed by atoms with E-state index in [0.717, 1.165) is 6.42 Å². The van der Waals surface area contributed by atoms with Crippen LogP contribution in [0.3, 0.4) is 0 Å². The Kier molecular flexibility index (Phi) is 10.5. The summed E-state index contributed by atoms with van der Waals surface area (Å²) in [6.07, 6.45) is 9.09. The number of rotatable bonds is 12. The summed E-state index contributed by atoms with van der Waals surface area (Å²) in [5.74, 6) is -0.0379. The van der Waals surface area contributed by atoms with E-state index in [1.54, 1.807) is 37.3 Å². The molecule has 0 saturated carbocycles. The van der Waals surface area contributed by atoms with Crippen LogP contribution in [-0.2, 0) is 11.2 Å². The summed E-state index contributed by atoms with van der Waals surface area (Å²) in [5, 5.41) is 0. The number of benzene rings is 2. The van der Waals surface area contributed by atoms with Crippen LogP contribution in [0.5, 0.6) is 11.5 Å². The molecule has 0 unspecified atom stereocenters. The molecule has 0 aromatic heterocycles. The highest BCUT2D eigenvalue weighted by Gasteiger charge is 2.17. The molecule has 0 radical (unpaired) electrons. The number of carbonyl (C=O) groups is 2. The lowest BCUT2D eigenvalue weighted by Crippen LogP contribution is -2.16. The number of ether oxygens (including phenoxy) is 3. The largest absolute Gasteiger partial charge is 0.519 e. The molecule has 0 N–H and O–H groups in total. The Bertz CT molecular complexity index is 782. The standard InChI is InChI=1S/C25H32O5/c1-3-5-6-7-8-9-10-13-20-16-18-21(19-17-20)29-25(27)30-23-15-12-11-14-22(23)24(26)28-4-2/h11-12,14-19H,3-10,13H2,1-2H3. The van der Waals surface area contributed by atoms with Crippen LogP contribution in [-0.4, -0.2) is 18.7 Å². The maximum Gasteiger partial charge on any atom is 0.519 e. The van der Waals surface area contributed by atoms with E-state index in [1.807, 2.05) is 12.1 Å². The lowest BCUT2D eigenvalue weighted by molar-refractivity contribution is 0.0522. The molecule has 0 saturated heterocycles. The third-order valence-corrected chi connectivity index (χ3v) is 4.77. The molecule has 0 bridgehead atoms. The van der Waals surface area contributed by atoms with E-state index in [2.05, 4.69) is 6.92 Å². The van der Waals surface area contributed by atoms with Gasteiger partial charge >= 0.3 is 12.1 Å². The fourth-order valence-electron chi connectivity index (χ4n) is 3.15. The number of unbranched alkanes of at least 4 members (excludes halogenated alkanes) is 6. The topological polar surface area (TPSA) is 61.8 Å². The minimum absolute atomic E-state index is 0.108. The van der Waals surface area contributed by atoms with Gasteiger partial charge in [0.05, 0.1) is 6.61 Å². The first-order valence-corrected chi connectivity index (χ1v) is 10.9. The lowest BCUT2D eigenvalue weighted by atomic mass is 10.0. The van der Waals surface area contributed by atoms with Crippen LogP contribution in [0.1, 0.15) is 74.7 Å². The highest BCUT2D eigenvalue weighted by molar-refractivity contribution is 5.93. The number of aryl methyl sites for hydroxylation is 1. The first kappa shape index (κ1) is 23.5. The number of hydrogen-bond acceptors (Lipinski definition) is 5. The van der Waals surface area contributed by atoms with Crippen molar-refractivity contribution in [3.8, 4) is 11.5 Å². The average molecular weight is 413 g/mol. The van der Waals surface area contributed by atoms with Gasteiger partial charge in [-0.2, -0.15) is 0 Å². The van der Waals surface area contributed by atoms with Gasteiger partial charge in [0.25, 0.3) is 0 Å². The number of carbonyl (C=O) groups excluding carboxylic acids is 2. The van der Waals surface area contributed by atoms with Crippen LogP contribution in [0.4, 0.5) is 4.79 Å². The molecule has 0 aliphatic heterocycles. The Hall–Kier alpha value is -2.82. The van der Waals surface area contributed by atoms with Gasteiger partial charge in [-0.15, -0.1) is 0 Å². The van der Waals surface area contributed by atoms with Gasteiger partial charge < -0.3 is 14.2 Å². The van der Waals surface area contributed by atoms with Crippen molar-refractivity contribution in [2.24, 2.45) is 0 Å². The van der Waals surface area contributed by atoms with Crippen LogP contribution >= 0.6 is 0 Å². The second kappa shape index (κ2) is 13.4. The van der Waals surface area contributed by atoms with Crippen molar-refractivity contribution in [1.82, 2.24) is 0 Å². The van der Waals surface area contributed by atoms with E-state index in [0.29, 0.717) is 5.75 Å². The predicted octanol–water partition coefficient (Wildman–Crippen LogP) is 6.73. The summed E-state index contributed by atoms with van der Waals surface area (Å²) in [6.45, 7) is 4.19. The first-order chi connectivity index (χ1) is 14.6. The minimum Gasteiger partial charge on any atom is -0.462 e. The summed E-state index contributed by atoms with van der Waals surface area (Å²) in [5.41, 5.74) is 1.40. The summed E-state index contributed by atoms with van der Waals surface area (Å²) in [4.78, 5) is 24.1. The molecule has 30 heavy (non-hydrogen) atoms. The van der Waals surface area contributed by atoms with Crippen LogP contribution in [0.15, 0.2) is 48.5 Å². The van der Waals surface area contributed by atoms with Crippen LogP contribution in [0.25, 0.3) is 0 Å². The Balaban J connectivity index is 1.79. The van der Waals surface area contributed by atoms with Crippen molar-refractivity contribution in [3.63, 3.8) is 0 Å². The average Bonchev–Trinajstić information content (AvgIpc) is 2.75. The molecule has 2 aromatic rings. The molecule has 0 atom stereocenters. The Morgan fingerprint density at radius 3 is 2.13 bits per heavy atom. The molecular formula is C25H32O5. The summed E-state index contributed by atoms with van der Waals surface area (Å²) in [6, 6.07) is 13.9. The van der Waals surface area contributed by atoms with Crippen molar-refractivity contribution >= 4 is 12.1 Å². The SMILES string of the molecule is CCCCCCCCCc1ccc(OC(=O)Oc2ccccc2C(=O)OCC)cc1. The van der Waals surface area contributed by atoms with E-state index < -0.39 is 12.1 Å². The zero-order valence-corrected chi connectivity index (χ0v) is 18.0. The van der Waals surface area contributed by atoms with E-state index >= 15 is 0 Å². The Morgan fingerprint density at radius 2 is 1.43 bits per heavy atom. The zero-order chi connectivity index (χ0) is 21.6. The molecule has 162 valence electrons. The molecule has 0 aliphatic carbocycles. The molecule has 5 nitrogen and oxygen atoms in total. The highest BCUT2D eigenvalue weighted by atomic mass is 16.7. The second-order valence-corrected chi connectivity index (χ2v) is 7.19. The van der Waals surface area contributed by atoms with Gasteiger partial charge in [0, 0.05) is 0 Å². The van der Waals surface area contributed by atoms with Crippen LogP contribution in [0, 0.1) is 0 Å². The van der Waals surface area contributed by atoms with Crippen LogP contribution in [0.2, 0.25) is 0 Å². The molecule has 0 aliphatic rings. The lowest BCUT2D eigenvalue weighted by Gasteiger charge is -2.10. The van der Waals surface area contributed by atoms with E-state index in [1.165, 1.54) is 56.6 Å². The van der Waals surface area contributed by atoms with E-state index in [4.69, 9.17) is 14.2 Å². The van der Waals surface area contributed by atoms with Gasteiger partial charge in [-0.1, -0.05) is 69.7 Å². The molecular weight excluding hydrogens is 380 g/mol. The summed E-state index contributed by atoms with van der Waals surface area (Å²) < 4.78 is 15.4. The van der Waals surface area contributed by atoms with Crippen molar-refractivity contribution in [3.05, 3.63) is 59.7 Å². The molecule has 2 rings (SSSR count). The van der Waals surface area contributed by atoms with Gasteiger partial charge in [-0.05, 0) is 49.6 Å². The second-order valence-electron chi connectivity index (χ2n) is 7.19.